The van der Waals surface area contributed by atoms with E-state index in [9.17, 15) is 47.9 Å². The Bertz CT molecular complexity index is 2740. The van der Waals surface area contributed by atoms with Crippen molar-refractivity contribution in [2.24, 2.45) is 59.6 Å². The Morgan fingerprint density at radius 1 is 0.365 bits per heavy atom. The number of nitrogens with one attached hydrogen (secondary N) is 8. The lowest BCUT2D eigenvalue weighted by atomic mass is 9.77. The summed E-state index contributed by atoms with van der Waals surface area (Å²) in [6, 6.07) is -1.09. The summed E-state index contributed by atoms with van der Waals surface area (Å²) in [5.41, 5.74) is -3.93. The van der Waals surface area contributed by atoms with Crippen molar-refractivity contribution in [2.45, 2.75) is 262 Å². The highest BCUT2D eigenvalue weighted by Crippen LogP contribution is 2.34. The van der Waals surface area contributed by atoms with E-state index in [1.165, 1.54) is 0 Å². The molecule has 0 aromatic carbocycles. The Kier molecular flexibility index (Phi) is 40.8. The average Bonchev–Trinajstić information content (AvgIpc) is 1.85. The Hall–Kier alpha value is -5.56. The standard InChI is InChI=1S/C80H147N9O15/c1-25-70(5,6)35-33-61(91)84-47-76(17,18)55-102-52-72(9,10)44-64(94)86-49-79(23,27-3)57-104-56-77(19,20)46-83-60(90)30-29-59(88-65(95)45-74(13,14)51-100-41-38-81-62(92)34-40-89-66(96)31-32-67(89)97)68(98)87-50-80(24,28-4)58-103-53-73(11,12)43-63(93)85-48-75(15,16)54-101-42-39-82-69(99)78(21,22)37-36-71(7,8)26-2/h31-32,59H,25-30,33-58H2,1-24H3,(H,81,92)(H,82,99)(H,83,90)(H,84,91)(H,85,93)(H,86,94)(H,87,98)(H,88,95)/t59-,79?,80?/m0/s1. The van der Waals surface area contributed by atoms with Crippen molar-refractivity contribution in [2.75, 3.05) is 118 Å². The summed E-state index contributed by atoms with van der Waals surface area (Å²) in [5.74, 6) is -2.66. The summed E-state index contributed by atoms with van der Waals surface area (Å²) in [6.45, 7) is 54.2. The number of rotatable bonds is 57. The van der Waals surface area contributed by atoms with E-state index in [1.807, 2.05) is 96.9 Å². The minimum atomic E-state index is -1.09. The monoisotopic (exact) mass is 1470 g/mol. The number of carbonyl (C=O) groups is 10. The molecule has 0 saturated carbocycles. The predicted octanol–water partition coefficient (Wildman–Crippen LogP) is 10.1. The molecule has 1 rings (SSSR count). The highest BCUT2D eigenvalue weighted by atomic mass is 16.5. The van der Waals surface area contributed by atoms with Gasteiger partial charge in [0, 0.05) is 136 Å². The largest absolute Gasteiger partial charge is 0.380 e. The van der Waals surface area contributed by atoms with E-state index in [-0.39, 0.29) is 154 Å². The van der Waals surface area contributed by atoms with Gasteiger partial charge in [-0.05, 0) is 65.6 Å². The van der Waals surface area contributed by atoms with Crippen molar-refractivity contribution in [1.82, 2.24) is 47.4 Å². The normalized spacial score (nSPS) is 15.0. The number of nitrogens with zero attached hydrogens (tertiary/aromatic N) is 1. The van der Waals surface area contributed by atoms with Gasteiger partial charge < -0.3 is 66.2 Å². The molecule has 24 heteroatoms. The molecule has 1 aliphatic rings. The zero-order valence-corrected chi connectivity index (χ0v) is 69.4. The van der Waals surface area contributed by atoms with Gasteiger partial charge in [0.25, 0.3) is 11.8 Å². The highest BCUT2D eigenvalue weighted by molar-refractivity contribution is 6.13. The quantitative estimate of drug-likeness (QED) is 0.0207. The number of hydrogen-bond acceptors (Lipinski definition) is 15. The number of amides is 10. The van der Waals surface area contributed by atoms with Gasteiger partial charge in [0.15, 0.2) is 0 Å². The number of hydrogen-bond donors (Lipinski definition) is 8. The molecule has 1 heterocycles. The molecule has 602 valence electrons. The van der Waals surface area contributed by atoms with Gasteiger partial charge in [-0.1, -0.05) is 179 Å². The summed E-state index contributed by atoms with van der Waals surface area (Å²) < 4.78 is 30.6. The fourth-order valence-corrected chi connectivity index (χ4v) is 10.7. The number of carbonyl (C=O) groups excluding carboxylic acids is 10. The van der Waals surface area contributed by atoms with Crippen LogP contribution in [0.25, 0.3) is 0 Å². The minimum Gasteiger partial charge on any atom is -0.380 e. The van der Waals surface area contributed by atoms with E-state index in [2.05, 4.69) is 112 Å². The molecular formula is C80H147N9O15. The zero-order chi connectivity index (χ0) is 79.7. The Balaban J connectivity index is 2.93. The first-order chi connectivity index (χ1) is 47.8. The van der Waals surface area contributed by atoms with E-state index in [1.54, 1.807) is 0 Å². The third-order valence-electron chi connectivity index (χ3n) is 20.0. The smallest absolute Gasteiger partial charge is 0.253 e. The second-order valence-electron chi connectivity index (χ2n) is 37.3. The van der Waals surface area contributed by atoms with Crippen LogP contribution in [0.3, 0.4) is 0 Å². The van der Waals surface area contributed by atoms with Crippen molar-refractivity contribution in [1.29, 1.82) is 0 Å². The van der Waals surface area contributed by atoms with Crippen molar-refractivity contribution in [3.8, 4) is 0 Å². The van der Waals surface area contributed by atoms with Crippen LogP contribution in [0.5, 0.6) is 0 Å². The van der Waals surface area contributed by atoms with Gasteiger partial charge in [-0.2, -0.15) is 0 Å². The van der Waals surface area contributed by atoms with Crippen LogP contribution in [0.15, 0.2) is 12.2 Å². The van der Waals surface area contributed by atoms with E-state index >= 15 is 0 Å². The Morgan fingerprint density at radius 2 is 0.731 bits per heavy atom. The Labute approximate surface area is 627 Å². The second-order valence-corrected chi connectivity index (χ2v) is 37.3. The minimum absolute atomic E-state index is 0.00803. The van der Waals surface area contributed by atoms with Gasteiger partial charge in [0.1, 0.15) is 6.04 Å². The third-order valence-corrected chi connectivity index (χ3v) is 20.0. The van der Waals surface area contributed by atoms with E-state index in [4.69, 9.17) is 23.7 Å². The van der Waals surface area contributed by atoms with Crippen LogP contribution in [-0.2, 0) is 71.6 Å². The molecule has 0 spiro atoms. The lowest BCUT2D eigenvalue weighted by Crippen LogP contribution is -2.50. The molecular weight excluding hydrogens is 1330 g/mol. The maximum absolute atomic E-state index is 14.3. The number of ether oxygens (including phenoxy) is 5. The molecule has 0 radical (unpaired) electrons. The molecule has 0 aromatic rings. The fourth-order valence-electron chi connectivity index (χ4n) is 10.7. The van der Waals surface area contributed by atoms with Crippen LogP contribution in [0.2, 0.25) is 0 Å². The SMILES string of the molecule is CCC(C)(C)CCC(=O)NCC(C)(C)COCC(C)(C)CC(=O)NCC(C)(CC)COCC(C)(C)CNC(=O)CC[C@H](NC(=O)CC(C)(C)COCCNC(=O)CCN1C(=O)C=CC1=O)C(=O)NCC(C)(CC)COCC(C)(C)CC(=O)NCC(C)(C)COCCNC(=O)C(C)(C)CCC(C)(C)CC. The lowest BCUT2D eigenvalue weighted by Gasteiger charge is -2.32. The first kappa shape index (κ1) is 96.5. The molecule has 0 saturated heterocycles. The van der Waals surface area contributed by atoms with Crippen LogP contribution in [0, 0.1) is 59.6 Å². The summed E-state index contributed by atoms with van der Waals surface area (Å²) in [7, 11) is 0. The molecule has 24 nitrogen and oxygen atoms in total. The molecule has 104 heavy (non-hydrogen) atoms. The first-order valence-electron chi connectivity index (χ1n) is 38.4. The first-order valence-corrected chi connectivity index (χ1v) is 38.4. The van der Waals surface area contributed by atoms with Gasteiger partial charge in [0.05, 0.1) is 66.1 Å². The molecule has 1 aliphatic heterocycles. The van der Waals surface area contributed by atoms with E-state index in [0.29, 0.717) is 78.7 Å². The second kappa shape index (κ2) is 44.0. The molecule has 8 N–H and O–H groups in total. The molecule has 10 amide bonds. The molecule has 0 fully saturated rings. The number of imide groups is 1. The van der Waals surface area contributed by atoms with Gasteiger partial charge in [0.2, 0.25) is 47.3 Å². The summed E-state index contributed by atoms with van der Waals surface area (Å²) in [4.78, 5) is 131. The maximum Gasteiger partial charge on any atom is 0.253 e. The van der Waals surface area contributed by atoms with Crippen molar-refractivity contribution in [3.63, 3.8) is 0 Å². The molecule has 0 aliphatic carbocycles. The van der Waals surface area contributed by atoms with Gasteiger partial charge in [-0.3, -0.25) is 52.8 Å². The summed E-state index contributed by atoms with van der Waals surface area (Å²) >= 11 is 0. The van der Waals surface area contributed by atoms with Gasteiger partial charge in [-0.15, -0.1) is 0 Å². The molecule has 0 bridgehead atoms. The lowest BCUT2D eigenvalue weighted by molar-refractivity contribution is -0.137. The predicted molar refractivity (Wildman–Crippen MR) is 411 cm³/mol. The molecule has 0 aromatic heterocycles. The topological polar surface area (TPSA) is 316 Å². The van der Waals surface area contributed by atoms with Crippen LogP contribution in [0.4, 0.5) is 0 Å². The van der Waals surface area contributed by atoms with Crippen LogP contribution >= 0.6 is 0 Å². The van der Waals surface area contributed by atoms with Crippen LogP contribution < -0.4 is 42.5 Å². The van der Waals surface area contributed by atoms with Gasteiger partial charge >= 0.3 is 0 Å². The average molecular weight is 1480 g/mol. The third kappa shape index (κ3) is 42.7. The highest BCUT2D eigenvalue weighted by Gasteiger charge is 2.35. The van der Waals surface area contributed by atoms with E-state index in [0.717, 1.165) is 55.6 Å². The van der Waals surface area contributed by atoms with Crippen molar-refractivity contribution >= 4 is 59.1 Å². The summed E-state index contributed by atoms with van der Waals surface area (Å²) in [5, 5.41) is 24.0. The van der Waals surface area contributed by atoms with Crippen LogP contribution in [0.1, 0.15) is 256 Å². The van der Waals surface area contributed by atoms with E-state index < -0.39 is 62.2 Å². The van der Waals surface area contributed by atoms with Gasteiger partial charge in [-0.25, -0.2) is 0 Å². The molecule has 3 atom stereocenters. The van der Waals surface area contributed by atoms with Crippen molar-refractivity contribution in [3.05, 3.63) is 12.2 Å². The Morgan fingerprint density at radius 3 is 1.19 bits per heavy atom. The summed E-state index contributed by atoms with van der Waals surface area (Å²) in [6.07, 6.45) is 9.12. The zero-order valence-electron chi connectivity index (χ0n) is 69.4. The van der Waals surface area contributed by atoms with Crippen molar-refractivity contribution < 1.29 is 71.6 Å². The van der Waals surface area contributed by atoms with Crippen LogP contribution in [-0.4, -0.2) is 188 Å². The maximum atomic E-state index is 14.3. The molecule has 2 unspecified atom stereocenters. The fraction of sp³-hybridized carbons (Fsp3) is 0.850.